The van der Waals surface area contributed by atoms with Gasteiger partial charge in [0.05, 0.1) is 6.10 Å². The first-order valence-electron chi connectivity index (χ1n) is 11.9. The fourth-order valence-electron chi connectivity index (χ4n) is 4.37. The van der Waals surface area contributed by atoms with Crippen LogP contribution >= 0.6 is 0 Å². The zero-order valence-electron chi connectivity index (χ0n) is 19.4. The lowest BCUT2D eigenvalue weighted by atomic mass is 9.79. The zero-order valence-corrected chi connectivity index (χ0v) is 19.4. The summed E-state index contributed by atoms with van der Waals surface area (Å²) in [6.45, 7) is 2.16. The number of carbonyl (C=O) groups excluding carboxylic acids is 2. The Bertz CT molecular complexity index is 883. The van der Waals surface area contributed by atoms with Crippen molar-refractivity contribution in [1.29, 1.82) is 0 Å². The smallest absolute Gasteiger partial charge is 0.341 e. The Morgan fingerprint density at radius 1 is 1.12 bits per heavy atom. The predicted octanol–water partition coefficient (Wildman–Crippen LogP) is 2.93. The number of hydrogen-bond donors (Lipinski definition) is 4. The summed E-state index contributed by atoms with van der Waals surface area (Å²) < 4.78 is 16.6. The Labute approximate surface area is 199 Å². The molecule has 9 heteroatoms. The van der Waals surface area contributed by atoms with E-state index in [9.17, 15) is 30.0 Å². The molecule has 9 nitrogen and oxygen atoms in total. The zero-order chi connectivity index (χ0) is 24.7. The molecule has 0 unspecified atom stereocenters. The average molecular weight is 479 g/mol. The van der Waals surface area contributed by atoms with E-state index in [1.165, 1.54) is 43.5 Å². The number of hydrogen-bond acceptors (Lipinski definition) is 9. The predicted molar refractivity (Wildman–Crippen MR) is 122 cm³/mol. The Hall–Kier alpha value is -2.62. The maximum atomic E-state index is 12.7. The molecule has 1 aromatic rings. The van der Waals surface area contributed by atoms with Crippen molar-refractivity contribution in [1.82, 2.24) is 0 Å². The van der Waals surface area contributed by atoms with Crippen molar-refractivity contribution in [2.24, 2.45) is 0 Å². The largest absolute Gasteiger partial charge is 0.504 e. The van der Waals surface area contributed by atoms with E-state index in [1.54, 1.807) is 0 Å². The summed E-state index contributed by atoms with van der Waals surface area (Å²) in [4.78, 5) is 25.0. The number of ether oxygens (including phenoxy) is 3. The van der Waals surface area contributed by atoms with Gasteiger partial charge in [-0.25, -0.2) is 9.59 Å². The topological polar surface area (TPSA) is 143 Å². The van der Waals surface area contributed by atoms with Crippen molar-refractivity contribution in [3.05, 3.63) is 29.8 Å². The highest BCUT2D eigenvalue weighted by atomic mass is 16.8. The number of cyclic esters (lactones) is 1. The molecule has 1 heterocycles. The van der Waals surface area contributed by atoms with E-state index in [4.69, 9.17) is 14.2 Å². The summed E-state index contributed by atoms with van der Waals surface area (Å²) in [7, 11) is 0. The summed E-state index contributed by atoms with van der Waals surface area (Å²) in [5.74, 6) is -2.06. The van der Waals surface area contributed by atoms with Gasteiger partial charge in [-0.1, -0.05) is 45.1 Å². The molecule has 1 aliphatic heterocycles. The second-order valence-corrected chi connectivity index (χ2v) is 9.03. The standard InChI is InChI=1S/C25H34O9/c1-2-3-4-5-6-7-8-22-33-24(31)25(34-22)14-19(28)23(30)20(15-25)32-21(29)12-10-16-9-11-17(26)18(27)13-16/h9-13,19-20,22-23,26-28,30H,2-8,14-15H2,1H3/b12-10+/t19-,20-,22-,23-,25+/m1/s1. The normalized spacial score (nSPS) is 29.0. The van der Waals surface area contributed by atoms with Crippen LogP contribution in [-0.4, -0.2) is 62.6 Å². The van der Waals surface area contributed by atoms with Gasteiger partial charge in [-0.15, -0.1) is 0 Å². The number of unbranched alkanes of at least 4 members (excludes halogenated alkanes) is 5. The third kappa shape index (κ3) is 6.49. The summed E-state index contributed by atoms with van der Waals surface area (Å²) in [5, 5.41) is 39.6. The van der Waals surface area contributed by atoms with Gasteiger partial charge in [0, 0.05) is 25.3 Å². The quantitative estimate of drug-likeness (QED) is 0.173. The number of aliphatic hydroxyl groups is 2. The fourth-order valence-corrected chi connectivity index (χ4v) is 4.37. The third-order valence-electron chi connectivity index (χ3n) is 6.28. The molecule has 0 amide bonds. The highest BCUT2D eigenvalue weighted by molar-refractivity contribution is 5.87. The van der Waals surface area contributed by atoms with Gasteiger partial charge in [-0.2, -0.15) is 0 Å². The van der Waals surface area contributed by atoms with Crippen LogP contribution in [0.2, 0.25) is 0 Å². The molecule has 34 heavy (non-hydrogen) atoms. The van der Waals surface area contributed by atoms with E-state index in [1.807, 2.05) is 0 Å². The minimum atomic E-state index is -1.47. The molecule has 3 rings (SSSR count). The summed E-state index contributed by atoms with van der Waals surface area (Å²) >= 11 is 0. The Balaban J connectivity index is 1.57. The van der Waals surface area contributed by atoms with Gasteiger partial charge in [-0.3, -0.25) is 0 Å². The lowest BCUT2D eigenvalue weighted by Gasteiger charge is -2.39. The van der Waals surface area contributed by atoms with Crippen molar-refractivity contribution in [2.75, 3.05) is 0 Å². The highest BCUT2D eigenvalue weighted by Crippen LogP contribution is 2.41. The molecule has 1 aromatic carbocycles. The molecular formula is C25H34O9. The van der Waals surface area contributed by atoms with E-state index >= 15 is 0 Å². The number of benzene rings is 1. The molecule has 0 radical (unpaired) electrons. The van der Waals surface area contributed by atoms with Gasteiger partial charge in [0.25, 0.3) is 0 Å². The molecule has 1 saturated carbocycles. The average Bonchev–Trinajstić information content (AvgIpc) is 3.09. The van der Waals surface area contributed by atoms with Gasteiger partial charge in [0.15, 0.2) is 17.1 Å². The molecule has 2 fully saturated rings. The minimum Gasteiger partial charge on any atom is -0.504 e. The molecule has 5 atom stereocenters. The van der Waals surface area contributed by atoms with Gasteiger partial charge in [0.2, 0.25) is 6.29 Å². The number of aromatic hydroxyl groups is 2. The maximum absolute atomic E-state index is 12.7. The van der Waals surface area contributed by atoms with Crippen molar-refractivity contribution in [3.63, 3.8) is 0 Å². The second-order valence-electron chi connectivity index (χ2n) is 9.03. The van der Waals surface area contributed by atoms with E-state index in [0.717, 1.165) is 25.3 Å². The van der Waals surface area contributed by atoms with Crippen molar-refractivity contribution in [2.45, 2.75) is 94.9 Å². The molecule has 0 aromatic heterocycles. The number of esters is 2. The van der Waals surface area contributed by atoms with Gasteiger partial charge >= 0.3 is 11.9 Å². The van der Waals surface area contributed by atoms with Crippen LogP contribution < -0.4 is 0 Å². The monoisotopic (exact) mass is 478 g/mol. The Kier molecular flexibility index (Phi) is 8.93. The fraction of sp³-hybridized carbons (Fsp3) is 0.600. The van der Waals surface area contributed by atoms with Crippen molar-refractivity contribution >= 4 is 18.0 Å². The first kappa shape index (κ1) is 26.0. The molecule has 1 aliphatic carbocycles. The first-order valence-corrected chi connectivity index (χ1v) is 11.9. The van der Waals surface area contributed by atoms with Crippen LogP contribution in [0.25, 0.3) is 6.08 Å². The minimum absolute atomic E-state index is 0.128. The van der Waals surface area contributed by atoms with Crippen LogP contribution in [0.15, 0.2) is 24.3 Å². The van der Waals surface area contributed by atoms with E-state index in [-0.39, 0.29) is 24.3 Å². The number of phenols is 2. The van der Waals surface area contributed by atoms with Crippen LogP contribution in [0.3, 0.4) is 0 Å². The highest BCUT2D eigenvalue weighted by Gasteiger charge is 2.58. The summed E-state index contributed by atoms with van der Waals surface area (Å²) in [6.07, 6.45) is 4.63. The number of aliphatic hydroxyl groups excluding tert-OH is 2. The molecule has 1 spiro atoms. The van der Waals surface area contributed by atoms with Crippen LogP contribution in [0.5, 0.6) is 11.5 Å². The van der Waals surface area contributed by atoms with Crippen LogP contribution in [0.4, 0.5) is 0 Å². The van der Waals surface area contributed by atoms with E-state index in [2.05, 4.69) is 6.92 Å². The Morgan fingerprint density at radius 3 is 2.59 bits per heavy atom. The van der Waals surface area contributed by atoms with Crippen LogP contribution in [-0.2, 0) is 23.8 Å². The lowest BCUT2D eigenvalue weighted by molar-refractivity contribution is -0.192. The van der Waals surface area contributed by atoms with E-state index in [0.29, 0.717) is 12.0 Å². The first-order chi connectivity index (χ1) is 16.2. The maximum Gasteiger partial charge on any atom is 0.341 e. The van der Waals surface area contributed by atoms with Crippen molar-refractivity contribution < 1.29 is 44.2 Å². The lowest BCUT2D eigenvalue weighted by Crippen LogP contribution is -2.56. The van der Waals surface area contributed by atoms with Gasteiger partial charge < -0.3 is 34.6 Å². The van der Waals surface area contributed by atoms with Crippen LogP contribution in [0.1, 0.15) is 70.3 Å². The summed E-state index contributed by atoms with van der Waals surface area (Å²) in [6, 6.07) is 4.02. The molecule has 1 saturated heterocycles. The summed E-state index contributed by atoms with van der Waals surface area (Å²) in [5.41, 5.74) is -1.03. The number of rotatable bonds is 10. The molecule has 0 bridgehead atoms. The molecule has 2 aliphatic rings. The van der Waals surface area contributed by atoms with Crippen molar-refractivity contribution in [3.8, 4) is 11.5 Å². The van der Waals surface area contributed by atoms with E-state index < -0.39 is 42.1 Å². The SMILES string of the molecule is CCCCCCCC[C@@H]1OC(=O)[C@@]2(C[C@@H](O)[C@@H](O)[C@H](OC(=O)/C=C/c3ccc(O)c(O)c3)C2)O1. The molecular weight excluding hydrogens is 444 g/mol. The van der Waals surface area contributed by atoms with Gasteiger partial charge in [0.1, 0.15) is 12.2 Å². The number of phenolic OH excluding ortho intramolecular Hbond substituents is 2. The van der Waals surface area contributed by atoms with Gasteiger partial charge in [-0.05, 0) is 30.2 Å². The van der Waals surface area contributed by atoms with Crippen LogP contribution in [0, 0.1) is 0 Å². The second kappa shape index (κ2) is 11.7. The number of carbonyl (C=O) groups is 2. The third-order valence-corrected chi connectivity index (χ3v) is 6.28. The molecule has 4 N–H and O–H groups in total. The molecule has 188 valence electrons. The Morgan fingerprint density at radius 2 is 1.85 bits per heavy atom.